The fraction of sp³-hybridized carbons (Fsp3) is 0.385. The molecule has 0 bridgehead atoms. The summed E-state index contributed by atoms with van der Waals surface area (Å²) in [6.07, 6.45) is 0.245. The summed E-state index contributed by atoms with van der Waals surface area (Å²) in [6.45, 7) is 5.06. The van der Waals surface area contributed by atoms with Gasteiger partial charge in [-0.1, -0.05) is 20.8 Å². The number of hydrogen-bond donors (Lipinski definition) is 1. The number of nitrogens with one attached hydrogen (secondary N) is 1. The molecule has 0 aliphatic heterocycles. The van der Waals surface area contributed by atoms with Crippen LogP contribution in [0.4, 0.5) is 10.1 Å². The van der Waals surface area contributed by atoms with E-state index in [-0.39, 0.29) is 31.1 Å². The molecule has 5 heteroatoms. The third kappa shape index (κ3) is 3.84. The van der Waals surface area contributed by atoms with Gasteiger partial charge in [0.25, 0.3) is 0 Å². The molecule has 1 aromatic rings. The van der Waals surface area contributed by atoms with Crippen molar-refractivity contribution in [1.82, 2.24) is 0 Å². The molecule has 1 amide bonds. The van der Waals surface area contributed by atoms with Gasteiger partial charge in [-0.25, -0.2) is 4.39 Å². The maximum absolute atomic E-state index is 13.4. The molecule has 0 atom stereocenters. The normalized spacial score (nSPS) is 10.3. The molecule has 0 aliphatic carbocycles. The molecule has 0 radical (unpaired) electrons. The van der Waals surface area contributed by atoms with Crippen LogP contribution in [0.5, 0.6) is 5.75 Å². The third-order valence-electron chi connectivity index (χ3n) is 2.22. The van der Waals surface area contributed by atoms with E-state index in [1.165, 1.54) is 12.1 Å². The number of rotatable bonds is 4. The van der Waals surface area contributed by atoms with Crippen molar-refractivity contribution in [2.75, 3.05) is 5.32 Å². The number of benzene rings is 1. The van der Waals surface area contributed by atoms with E-state index in [1.807, 2.05) is 0 Å². The van der Waals surface area contributed by atoms with Gasteiger partial charge in [-0.15, -0.1) is 0 Å². The number of amides is 1. The lowest BCUT2D eigenvalue weighted by Gasteiger charge is -2.09. The van der Waals surface area contributed by atoms with Crippen molar-refractivity contribution in [2.45, 2.75) is 27.2 Å². The molecule has 0 heterocycles. The molecule has 0 saturated carbocycles. The molecule has 0 spiro atoms. The van der Waals surface area contributed by atoms with Crippen LogP contribution in [0.15, 0.2) is 18.2 Å². The highest BCUT2D eigenvalue weighted by Gasteiger charge is 2.12. The fourth-order valence-corrected chi connectivity index (χ4v) is 1.14. The lowest BCUT2D eigenvalue weighted by atomic mass is 10.2. The molecular formula is C13H18FNO3. The molecule has 4 nitrogen and oxygen atoms in total. The van der Waals surface area contributed by atoms with Crippen LogP contribution in [0.25, 0.3) is 0 Å². The maximum Gasteiger partial charge on any atom is 0.313 e. The lowest BCUT2D eigenvalue weighted by molar-refractivity contribution is -0.137. The van der Waals surface area contributed by atoms with Gasteiger partial charge in [-0.3, -0.25) is 9.59 Å². The molecule has 100 valence electrons. The number of ether oxygens (including phenoxy) is 1. The first-order valence-electron chi connectivity index (χ1n) is 5.75. The number of carbonyl (C=O) groups excluding carboxylic acids is 2. The second-order valence-corrected chi connectivity index (χ2v) is 4.12. The van der Waals surface area contributed by atoms with Crippen LogP contribution in [0, 0.1) is 11.7 Å². The van der Waals surface area contributed by atoms with Crippen molar-refractivity contribution in [2.24, 2.45) is 5.92 Å². The molecule has 0 unspecified atom stereocenters. The van der Waals surface area contributed by atoms with Gasteiger partial charge in [-0.2, -0.15) is 0 Å². The van der Waals surface area contributed by atoms with Crippen LogP contribution >= 0.6 is 0 Å². The quantitative estimate of drug-likeness (QED) is 0.664. The number of anilines is 1. The Bertz CT molecular complexity index is 463. The predicted molar refractivity (Wildman–Crippen MR) is 67.9 cm³/mol. The molecule has 1 N–H and O–H groups in total. The van der Waals surface area contributed by atoms with Gasteiger partial charge in [0, 0.05) is 13.9 Å². The minimum atomic E-state index is -0.568. The summed E-state index contributed by atoms with van der Waals surface area (Å²) in [7, 11) is 0. The van der Waals surface area contributed by atoms with E-state index in [1.54, 1.807) is 20.8 Å². The first-order chi connectivity index (χ1) is 8.43. The zero-order valence-electron chi connectivity index (χ0n) is 10.6. The Labute approximate surface area is 107 Å². The monoisotopic (exact) mass is 255 g/mol. The molecule has 0 fully saturated rings. The predicted octanol–water partition coefficient (Wildman–Crippen LogP) is 2.98. The van der Waals surface area contributed by atoms with Crippen molar-refractivity contribution in [3.8, 4) is 5.75 Å². The number of esters is 1. The fourth-order valence-electron chi connectivity index (χ4n) is 1.14. The minimum absolute atomic E-state index is 0. The summed E-state index contributed by atoms with van der Waals surface area (Å²) < 4.78 is 18.4. The second-order valence-electron chi connectivity index (χ2n) is 4.12. The molecule has 0 aliphatic rings. The van der Waals surface area contributed by atoms with Crippen molar-refractivity contribution in [1.29, 1.82) is 0 Å². The van der Waals surface area contributed by atoms with Gasteiger partial charge in [0.1, 0.15) is 11.6 Å². The number of halogens is 1. The maximum atomic E-state index is 13.4. The van der Waals surface area contributed by atoms with Crippen molar-refractivity contribution in [3.05, 3.63) is 24.0 Å². The molecule has 0 aromatic heterocycles. The van der Waals surface area contributed by atoms with E-state index < -0.39 is 11.8 Å². The standard InChI is InChI=1S/C13H16FNO3.H2/c1-4-12(16)15-11-7-9(5-6-10(11)14)18-13(17)8(2)3;/h5-8H,4H2,1-3H3,(H,15,16);1H. The zero-order valence-corrected chi connectivity index (χ0v) is 10.6. The van der Waals surface area contributed by atoms with Crippen molar-refractivity contribution < 1.29 is 20.1 Å². The van der Waals surface area contributed by atoms with Crippen molar-refractivity contribution in [3.63, 3.8) is 0 Å². The van der Waals surface area contributed by atoms with Gasteiger partial charge in [0.05, 0.1) is 11.6 Å². The van der Waals surface area contributed by atoms with Crippen LogP contribution in [-0.4, -0.2) is 11.9 Å². The van der Waals surface area contributed by atoms with Crippen LogP contribution in [-0.2, 0) is 9.59 Å². The van der Waals surface area contributed by atoms with E-state index in [0.29, 0.717) is 0 Å². The molecular weight excluding hydrogens is 237 g/mol. The van der Waals surface area contributed by atoms with Gasteiger partial charge in [0.2, 0.25) is 5.91 Å². The van der Waals surface area contributed by atoms with E-state index in [0.717, 1.165) is 6.07 Å². The Morgan fingerprint density at radius 1 is 1.44 bits per heavy atom. The van der Waals surface area contributed by atoms with Crippen LogP contribution in [0.1, 0.15) is 28.6 Å². The number of hydrogen-bond acceptors (Lipinski definition) is 3. The Hall–Kier alpha value is -1.91. The first kappa shape index (κ1) is 14.2. The summed E-state index contributed by atoms with van der Waals surface area (Å²) in [5.74, 6) is -1.35. The van der Waals surface area contributed by atoms with Crippen LogP contribution in [0.2, 0.25) is 0 Å². The highest BCUT2D eigenvalue weighted by Crippen LogP contribution is 2.22. The topological polar surface area (TPSA) is 55.4 Å². The van der Waals surface area contributed by atoms with Gasteiger partial charge in [0.15, 0.2) is 0 Å². The average Bonchev–Trinajstić information content (AvgIpc) is 2.33. The smallest absolute Gasteiger partial charge is 0.313 e. The Morgan fingerprint density at radius 3 is 2.67 bits per heavy atom. The largest absolute Gasteiger partial charge is 0.426 e. The molecule has 1 aromatic carbocycles. The van der Waals surface area contributed by atoms with Crippen LogP contribution < -0.4 is 10.1 Å². The zero-order chi connectivity index (χ0) is 13.7. The lowest BCUT2D eigenvalue weighted by Crippen LogP contribution is -2.15. The summed E-state index contributed by atoms with van der Waals surface area (Å²) >= 11 is 0. The Balaban J connectivity index is 0.00000324. The van der Waals surface area contributed by atoms with Crippen LogP contribution in [0.3, 0.4) is 0 Å². The number of carbonyl (C=O) groups is 2. The molecule has 18 heavy (non-hydrogen) atoms. The summed E-state index contributed by atoms with van der Waals surface area (Å²) in [5.41, 5.74) is 0.0101. The highest BCUT2D eigenvalue weighted by molar-refractivity contribution is 5.90. The summed E-state index contributed by atoms with van der Waals surface area (Å²) in [6, 6.07) is 3.79. The van der Waals surface area contributed by atoms with E-state index in [2.05, 4.69) is 5.32 Å². The SMILES string of the molecule is CCC(=O)Nc1cc(OC(=O)C(C)C)ccc1F.[HH]. The van der Waals surface area contributed by atoms with Crippen molar-refractivity contribution >= 4 is 17.6 Å². The van der Waals surface area contributed by atoms with Gasteiger partial charge in [-0.05, 0) is 12.1 Å². The van der Waals surface area contributed by atoms with E-state index >= 15 is 0 Å². The third-order valence-corrected chi connectivity index (χ3v) is 2.22. The Morgan fingerprint density at radius 2 is 2.11 bits per heavy atom. The Kier molecular flexibility index (Phi) is 4.83. The average molecular weight is 255 g/mol. The highest BCUT2D eigenvalue weighted by atomic mass is 19.1. The molecule has 1 rings (SSSR count). The second kappa shape index (κ2) is 6.14. The van der Waals surface area contributed by atoms with Gasteiger partial charge < -0.3 is 10.1 Å². The molecule has 0 saturated heterocycles. The van der Waals surface area contributed by atoms with Gasteiger partial charge >= 0.3 is 5.97 Å². The van der Waals surface area contributed by atoms with E-state index in [4.69, 9.17) is 4.74 Å². The first-order valence-corrected chi connectivity index (χ1v) is 5.75. The van der Waals surface area contributed by atoms with E-state index in [9.17, 15) is 14.0 Å². The summed E-state index contributed by atoms with van der Waals surface area (Å²) in [4.78, 5) is 22.6. The summed E-state index contributed by atoms with van der Waals surface area (Å²) in [5, 5.41) is 2.40. The minimum Gasteiger partial charge on any atom is -0.426 e.